The van der Waals surface area contributed by atoms with Crippen LogP contribution in [0.2, 0.25) is 0 Å². The highest BCUT2D eigenvalue weighted by Gasteiger charge is 2.20. The Morgan fingerprint density at radius 2 is 2.03 bits per heavy atom. The summed E-state index contributed by atoms with van der Waals surface area (Å²) in [7, 11) is 5.42. The van der Waals surface area contributed by atoms with Crippen molar-refractivity contribution < 1.29 is 14.0 Å². The zero-order valence-corrected chi connectivity index (χ0v) is 24.0. The number of amides is 2. The van der Waals surface area contributed by atoms with Gasteiger partial charge < -0.3 is 25.8 Å². The van der Waals surface area contributed by atoms with E-state index in [0.29, 0.717) is 50.3 Å². The molecule has 0 aliphatic heterocycles. The highest BCUT2D eigenvalue weighted by atomic mass is 19.1. The second-order valence-electron chi connectivity index (χ2n) is 9.58. The van der Waals surface area contributed by atoms with Crippen molar-refractivity contribution in [2.24, 2.45) is 9.98 Å². The van der Waals surface area contributed by atoms with Gasteiger partial charge in [0, 0.05) is 57.5 Å². The fourth-order valence-electron chi connectivity index (χ4n) is 3.18. The van der Waals surface area contributed by atoms with Gasteiger partial charge in [0.1, 0.15) is 18.2 Å². The van der Waals surface area contributed by atoms with E-state index in [4.69, 9.17) is 0 Å². The highest BCUT2D eigenvalue weighted by Crippen LogP contribution is 2.23. The van der Waals surface area contributed by atoms with Gasteiger partial charge in [-0.1, -0.05) is 30.9 Å². The first-order chi connectivity index (χ1) is 18.6. The average Bonchev–Trinajstić information content (AvgIpc) is 2.88. The summed E-state index contributed by atoms with van der Waals surface area (Å²) in [5.74, 6) is 6.35. The zero-order chi connectivity index (χ0) is 29.1. The van der Waals surface area contributed by atoms with Gasteiger partial charge in [0.15, 0.2) is 0 Å². The molecule has 0 aromatic rings. The van der Waals surface area contributed by atoms with Gasteiger partial charge in [0.2, 0.25) is 11.8 Å². The number of likely N-dealkylation sites (N-methyl/N-ethyl adjacent to an activating group) is 2. The van der Waals surface area contributed by atoms with Crippen LogP contribution in [0.25, 0.3) is 0 Å². The number of rotatable bonds is 15. The largest absolute Gasteiger partial charge is 0.369 e. The molecule has 0 spiro atoms. The number of carbonyl (C=O) groups excluding carboxylic acids is 2. The molecule has 1 unspecified atom stereocenters. The van der Waals surface area contributed by atoms with Crippen LogP contribution >= 0.6 is 0 Å². The van der Waals surface area contributed by atoms with Crippen molar-refractivity contribution >= 4 is 24.4 Å². The molecule has 0 aromatic carbocycles. The van der Waals surface area contributed by atoms with E-state index >= 15 is 0 Å². The molecule has 0 saturated heterocycles. The molecular weight excluding hydrogens is 497 g/mol. The minimum absolute atomic E-state index is 0.00848. The van der Waals surface area contributed by atoms with Crippen LogP contribution in [-0.2, 0) is 9.59 Å². The van der Waals surface area contributed by atoms with Crippen molar-refractivity contribution in [3.63, 3.8) is 0 Å². The third-order valence-corrected chi connectivity index (χ3v) is 5.38. The van der Waals surface area contributed by atoms with Gasteiger partial charge >= 0.3 is 0 Å². The number of allylic oxidation sites excluding steroid dienone is 3. The van der Waals surface area contributed by atoms with Gasteiger partial charge in [-0.15, -0.1) is 0 Å². The lowest BCUT2D eigenvalue weighted by Crippen LogP contribution is -2.38. The Bertz CT molecular complexity index is 1030. The van der Waals surface area contributed by atoms with Crippen LogP contribution in [0.5, 0.6) is 0 Å². The first kappa shape index (κ1) is 33.3. The van der Waals surface area contributed by atoms with Crippen LogP contribution in [0.4, 0.5) is 4.39 Å². The number of aliphatic imine (C=N–C) groups is 2. The highest BCUT2D eigenvalue weighted by molar-refractivity contribution is 6.02. The van der Waals surface area contributed by atoms with Crippen LogP contribution < -0.4 is 16.0 Å². The molecule has 0 heterocycles. The lowest BCUT2D eigenvalue weighted by molar-refractivity contribution is -0.131. The fraction of sp³-hybridized carbons (Fsp3) is 0.517. The first-order valence-electron chi connectivity index (χ1n) is 13.2. The first-order valence-corrected chi connectivity index (χ1v) is 13.2. The van der Waals surface area contributed by atoms with E-state index in [1.165, 1.54) is 11.0 Å². The van der Waals surface area contributed by atoms with E-state index < -0.39 is 5.67 Å². The number of halogens is 1. The maximum Gasteiger partial charge on any atom is 0.246 e. The number of hydrogen-bond donors (Lipinski definition) is 3. The molecule has 1 atom stereocenters. The molecule has 0 bridgehead atoms. The summed E-state index contributed by atoms with van der Waals surface area (Å²) >= 11 is 0. The topological polar surface area (TPSA) is 101 Å². The summed E-state index contributed by atoms with van der Waals surface area (Å²) < 4.78 is 13.9. The zero-order valence-electron chi connectivity index (χ0n) is 24.0. The second kappa shape index (κ2) is 18.5. The molecule has 0 radical (unpaired) electrons. The predicted octanol–water partition coefficient (Wildman–Crippen LogP) is 2.56. The van der Waals surface area contributed by atoms with Crippen LogP contribution in [0, 0.1) is 11.8 Å². The third-order valence-electron chi connectivity index (χ3n) is 5.38. The molecule has 9 nitrogen and oxygen atoms in total. The Kier molecular flexibility index (Phi) is 15.8. The molecule has 1 rings (SSSR count). The lowest BCUT2D eigenvalue weighted by Gasteiger charge is -2.19. The van der Waals surface area contributed by atoms with Crippen molar-refractivity contribution in [2.45, 2.75) is 45.2 Å². The molecule has 39 heavy (non-hydrogen) atoms. The maximum atomic E-state index is 13.9. The number of nitrogens with one attached hydrogen (secondary N) is 3. The van der Waals surface area contributed by atoms with Crippen molar-refractivity contribution in [3.05, 3.63) is 47.9 Å². The maximum absolute atomic E-state index is 13.9. The van der Waals surface area contributed by atoms with E-state index in [2.05, 4.69) is 51.4 Å². The normalized spacial score (nSPS) is 17.4. The van der Waals surface area contributed by atoms with Crippen molar-refractivity contribution in [1.29, 1.82) is 0 Å². The smallest absolute Gasteiger partial charge is 0.246 e. The molecule has 10 heteroatoms. The minimum atomic E-state index is -1.31. The van der Waals surface area contributed by atoms with Crippen LogP contribution in [0.3, 0.4) is 0 Å². The van der Waals surface area contributed by atoms with Crippen molar-refractivity contribution in [2.75, 3.05) is 54.0 Å². The molecule has 0 saturated carbocycles. The molecule has 0 fully saturated rings. The molecule has 1 aliphatic rings. The predicted molar refractivity (Wildman–Crippen MR) is 158 cm³/mol. The SMILES string of the molecule is C=N/C=C(C#CCCCNC(=O)CN(C)C(=O)/C=C/CN(C)C)\C(=N/CNC1=CCC(C)(F)C=C1)NCCC. The molecule has 214 valence electrons. The third kappa shape index (κ3) is 15.3. The summed E-state index contributed by atoms with van der Waals surface area (Å²) in [6.45, 7) is 9.24. The van der Waals surface area contributed by atoms with Crippen LogP contribution in [0.1, 0.15) is 39.5 Å². The molecule has 0 aromatic heterocycles. The molecule has 1 aliphatic carbocycles. The van der Waals surface area contributed by atoms with Gasteiger partial charge in [0.05, 0.1) is 12.1 Å². The van der Waals surface area contributed by atoms with Gasteiger partial charge in [-0.3, -0.25) is 14.6 Å². The summed E-state index contributed by atoms with van der Waals surface area (Å²) in [6, 6.07) is 0. The number of alkyl halides is 1. The monoisotopic (exact) mass is 541 g/mol. The lowest BCUT2D eigenvalue weighted by atomic mass is 9.98. The van der Waals surface area contributed by atoms with Gasteiger partial charge in [-0.05, 0) is 52.7 Å². The van der Waals surface area contributed by atoms with E-state index in [9.17, 15) is 14.0 Å². The van der Waals surface area contributed by atoms with E-state index in [0.717, 1.165) is 12.1 Å². The Balaban J connectivity index is 2.57. The van der Waals surface area contributed by atoms with Gasteiger partial charge in [-0.2, -0.15) is 0 Å². The summed E-state index contributed by atoms with van der Waals surface area (Å²) in [5, 5.41) is 9.27. The fourth-order valence-corrected chi connectivity index (χ4v) is 3.18. The standard InChI is InChI=1S/C29H44FN7O2/c1-7-18-33-28(35-23-34-25-14-16-29(2,30)17-15-25)24(21-31-3)12-9-8-10-19-32-26(38)22-37(6)27(39)13-11-20-36(4)5/h11,13-16,21,34H,3,7-8,10,17-20,22-23H2,1-2,4-6H3,(H,32,38)(H,33,35)/b13-11+,24-21-. The number of amidine groups is 1. The number of hydrogen-bond acceptors (Lipinski definition) is 6. The second-order valence-corrected chi connectivity index (χ2v) is 9.58. The van der Waals surface area contributed by atoms with Gasteiger partial charge in [0.25, 0.3) is 0 Å². The Morgan fingerprint density at radius 3 is 2.67 bits per heavy atom. The minimum Gasteiger partial charge on any atom is -0.369 e. The van der Waals surface area contributed by atoms with E-state index in [1.54, 1.807) is 38.4 Å². The van der Waals surface area contributed by atoms with Gasteiger partial charge in [-0.25, -0.2) is 9.38 Å². The van der Waals surface area contributed by atoms with Crippen LogP contribution in [-0.4, -0.2) is 93.8 Å². The number of nitrogens with zero attached hydrogens (tertiary/aromatic N) is 4. The van der Waals surface area contributed by atoms with E-state index in [-0.39, 0.29) is 25.0 Å². The van der Waals surface area contributed by atoms with Crippen molar-refractivity contribution in [3.8, 4) is 11.8 Å². The number of unbranched alkanes of at least 4 members (excludes halogenated alkanes) is 1. The summed E-state index contributed by atoms with van der Waals surface area (Å²) in [5.41, 5.74) is 0.113. The summed E-state index contributed by atoms with van der Waals surface area (Å²) in [6.07, 6.45) is 12.3. The Morgan fingerprint density at radius 1 is 1.26 bits per heavy atom. The molecular formula is C29H44FN7O2. The quantitative estimate of drug-likeness (QED) is 0.0973. The average molecular weight is 542 g/mol. The molecule has 3 N–H and O–H groups in total. The Labute approximate surface area is 233 Å². The van der Waals surface area contributed by atoms with E-state index in [1.807, 2.05) is 25.1 Å². The molecule has 2 amide bonds. The summed E-state index contributed by atoms with van der Waals surface area (Å²) in [4.78, 5) is 36.0. The number of carbonyl (C=O) groups is 2. The Hall–Kier alpha value is -3.71. The van der Waals surface area contributed by atoms with Crippen LogP contribution in [0.15, 0.2) is 57.8 Å². The van der Waals surface area contributed by atoms with Crippen molar-refractivity contribution in [1.82, 2.24) is 25.8 Å².